The molecule has 0 spiro atoms. The molecule has 1 fully saturated rings. The van der Waals surface area contributed by atoms with E-state index in [4.69, 9.17) is 19.9 Å². The Bertz CT molecular complexity index is 1540. The van der Waals surface area contributed by atoms with Gasteiger partial charge in [-0.3, -0.25) is 9.69 Å². The number of Topliss-reactive ketones (excluding diaryl/α,β-unsaturated/α-hetero) is 1. The van der Waals surface area contributed by atoms with Crippen molar-refractivity contribution in [1.82, 2.24) is 4.31 Å². The molecule has 0 saturated carbocycles. The third-order valence-electron chi connectivity index (χ3n) is 7.91. The minimum atomic E-state index is -3.71. The second kappa shape index (κ2) is 11.5. The van der Waals surface area contributed by atoms with Crippen LogP contribution >= 0.6 is 0 Å². The van der Waals surface area contributed by atoms with E-state index in [2.05, 4.69) is 0 Å². The van der Waals surface area contributed by atoms with Crippen LogP contribution in [0.15, 0.2) is 76.1 Å². The molecule has 5 rings (SSSR count). The fourth-order valence-electron chi connectivity index (χ4n) is 5.95. The largest absolute Gasteiger partial charge is 0.497 e. The molecule has 2 aromatic rings. The molecule has 0 amide bonds. The molecule has 2 aliphatic heterocycles. The van der Waals surface area contributed by atoms with E-state index in [1.165, 1.54) is 16.4 Å². The molecule has 1 atom stereocenters. The molecule has 224 valence electrons. The summed E-state index contributed by atoms with van der Waals surface area (Å²) in [5, 5.41) is 0. The van der Waals surface area contributed by atoms with Gasteiger partial charge in [-0.15, -0.1) is 0 Å². The summed E-state index contributed by atoms with van der Waals surface area (Å²) in [7, 11) is -2.15. The van der Waals surface area contributed by atoms with Crippen LogP contribution in [0.25, 0.3) is 0 Å². The van der Waals surface area contributed by atoms with Crippen LogP contribution in [-0.2, 0) is 29.1 Å². The smallest absolute Gasteiger partial charge is 0.338 e. The molecule has 3 aliphatic rings. The molecule has 0 aromatic heterocycles. The number of hydrogen-bond acceptors (Lipinski definition) is 9. The number of rotatable bonds is 7. The minimum absolute atomic E-state index is 0.0760. The normalized spacial score (nSPS) is 21.3. The zero-order valence-electron chi connectivity index (χ0n) is 24.4. The molecule has 10 nitrogen and oxygen atoms in total. The molecule has 1 saturated heterocycles. The lowest BCUT2D eigenvalue weighted by molar-refractivity contribution is -0.138. The maximum Gasteiger partial charge on any atom is 0.338 e. The number of nitrogens with zero attached hydrogens (tertiary/aromatic N) is 2. The van der Waals surface area contributed by atoms with Crippen molar-refractivity contribution in [1.29, 1.82) is 0 Å². The van der Waals surface area contributed by atoms with Crippen molar-refractivity contribution in [2.24, 2.45) is 11.1 Å². The summed E-state index contributed by atoms with van der Waals surface area (Å²) in [4.78, 5) is 29.3. The van der Waals surface area contributed by atoms with Crippen LogP contribution in [0.5, 0.6) is 5.75 Å². The second-order valence-corrected chi connectivity index (χ2v) is 13.3. The second-order valence-electron chi connectivity index (χ2n) is 11.4. The van der Waals surface area contributed by atoms with Gasteiger partial charge in [-0.05, 0) is 60.7 Å². The van der Waals surface area contributed by atoms with E-state index in [-0.39, 0.29) is 47.2 Å². The molecular formula is C31H37N3O7S. The SMILES string of the molecule is CCOC(=O)C1=C(N)N(c2ccc(S(=O)(=O)N3CCOCC3)cc2)C2=C(C(=O)CC(C)(C)C2)C1c1ccc(OC)cc1. The summed E-state index contributed by atoms with van der Waals surface area (Å²) in [6.45, 7) is 7.15. The summed E-state index contributed by atoms with van der Waals surface area (Å²) in [5.41, 5.74) is 9.08. The number of sulfonamides is 1. The van der Waals surface area contributed by atoms with E-state index in [1.54, 1.807) is 43.2 Å². The fourth-order valence-corrected chi connectivity index (χ4v) is 7.35. The molecule has 1 aliphatic carbocycles. The number of carbonyl (C=O) groups excluding carboxylic acids is 2. The van der Waals surface area contributed by atoms with Crippen molar-refractivity contribution >= 4 is 27.5 Å². The van der Waals surface area contributed by atoms with Crippen LogP contribution in [0.3, 0.4) is 0 Å². The Balaban J connectivity index is 1.66. The van der Waals surface area contributed by atoms with Gasteiger partial charge in [-0.2, -0.15) is 4.31 Å². The van der Waals surface area contributed by atoms with Gasteiger partial charge in [0.25, 0.3) is 0 Å². The van der Waals surface area contributed by atoms with Crippen molar-refractivity contribution < 1.29 is 32.2 Å². The Hall–Kier alpha value is -3.67. The number of esters is 1. The van der Waals surface area contributed by atoms with E-state index in [1.807, 2.05) is 26.0 Å². The molecule has 2 aromatic carbocycles. The highest BCUT2D eigenvalue weighted by Crippen LogP contribution is 2.50. The standard InChI is InChI=1S/C31H37N3O7S/c1-5-41-30(36)28-26(20-6-10-22(39-4)11-7-20)27-24(18-31(2,3)19-25(27)35)34(29(28)32)21-8-12-23(13-9-21)42(37,38)33-14-16-40-17-15-33/h6-13,26H,5,14-19,32H2,1-4H3. The minimum Gasteiger partial charge on any atom is -0.497 e. The average Bonchev–Trinajstić information content (AvgIpc) is 2.96. The van der Waals surface area contributed by atoms with Crippen LogP contribution in [0.4, 0.5) is 5.69 Å². The number of allylic oxidation sites excluding steroid dienone is 2. The maximum absolute atomic E-state index is 13.9. The zero-order chi connectivity index (χ0) is 30.2. The highest BCUT2D eigenvalue weighted by molar-refractivity contribution is 7.89. The Morgan fingerprint density at radius 1 is 1.05 bits per heavy atom. The topological polar surface area (TPSA) is 128 Å². The lowest BCUT2D eigenvalue weighted by atomic mass is 9.68. The number of carbonyl (C=O) groups is 2. The van der Waals surface area contributed by atoms with Crippen molar-refractivity contribution in [2.45, 2.75) is 44.4 Å². The van der Waals surface area contributed by atoms with Crippen molar-refractivity contribution in [3.05, 3.63) is 76.8 Å². The van der Waals surface area contributed by atoms with E-state index in [0.717, 1.165) is 0 Å². The molecule has 1 unspecified atom stereocenters. The Morgan fingerprint density at radius 3 is 2.29 bits per heavy atom. The van der Waals surface area contributed by atoms with Crippen molar-refractivity contribution in [3.8, 4) is 5.75 Å². The molecular weight excluding hydrogens is 558 g/mol. The third-order valence-corrected chi connectivity index (χ3v) is 9.82. The van der Waals surface area contributed by atoms with Crippen LogP contribution in [0.1, 0.15) is 45.1 Å². The van der Waals surface area contributed by atoms with Gasteiger partial charge in [0.05, 0.1) is 43.3 Å². The van der Waals surface area contributed by atoms with Crippen LogP contribution in [-0.4, -0.2) is 64.5 Å². The summed E-state index contributed by atoms with van der Waals surface area (Å²) < 4.78 is 44.0. The highest BCUT2D eigenvalue weighted by Gasteiger charge is 2.46. The first-order chi connectivity index (χ1) is 20.0. The van der Waals surface area contributed by atoms with Crippen molar-refractivity contribution in [2.75, 3.05) is 44.9 Å². The van der Waals surface area contributed by atoms with E-state index in [0.29, 0.717) is 54.3 Å². The average molecular weight is 596 g/mol. The van der Waals surface area contributed by atoms with Gasteiger partial charge in [0.15, 0.2) is 5.78 Å². The number of ether oxygens (including phenoxy) is 3. The monoisotopic (exact) mass is 595 g/mol. The first-order valence-electron chi connectivity index (χ1n) is 14.0. The van der Waals surface area contributed by atoms with Crippen LogP contribution in [0, 0.1) is 5.41 Å². The van der Waals surface area contributed by atoms with Crippen LogP contribution < -0.4 is 15.4 Å². The molecule has 0 bridgehead atoms. The van der Waals surface area contributed by atoms with E-state index >= 15 is 0 Å². The third kappa shape index (κ3) is 5.44. The number of anilines is 1. The first kappa shape index (κ1) is 29.8. The number of nitrogens with two attached hydrogens (primary N) is 1. The molecule has 2 N–H and O–H groups in total. The molecule has 0 radical (unpaired) electrons. The summed E-state index contributed by atoms with van der Waals surface area (Å²) in [6.07, 6.45) is 0.824. The van der Waals surface area contributed by atoms with Gasteiger partial charge in [0.2, 0.25) is 10.0 Å². The fraction of sp³-hybridized carbons (Fsp3) is 0.419. The predicted octanol–water partition coefficient (Wildman–Crippen LogP) is 3.70. The Kier molecular flexibility index (Phi) is 8.19. The van der Waals surface area contributed by atoms with E-state index < -0.39 is 21.9 Å². The van der Waals surface area contributed by atoms with Gasteiger partial charge in [0, 0.05) is 36.5 Å². The summed E-state index contributed by atoms with van der Waals surface area (Å²) in [6, 6.07) is 13.6. The number of methoxy groups -OCH3 is 1. The number of hydrogen-bond donors (Lipinski definition) is 1. The summed E-state index contributed by atoms with van der Waals surface area (Å²) >= 11 is 0. The van der Waals surface area contributed by atoms with Gasteiger partial charge in [-0.1, -0.05) is 26.0 Å². The highest BCUT2D eigenvalue weighted by atomic mass is 32.2. The Labute approximate surface area is 246 Å². The molecule has 42 heavy (non-hydrogen) atoms. The molecule has 2 heterocycles. The van der Waals surface area contributed by atoms with Crippen molar-refractivity contribution in [3.63, 3.8) is 0 Å². The summed E-state index contributed by atoms with van der Waals surface area (Å²) in [5.74, 6) is -0.638. The van der Waals surface area contributed by atoms with Gasteiger partial charge < -0.3 is 19.9 Å². The van der Waals surface area contributed by atoms with Gasteiger partial charge >= 0.3 is 5.97 Å². The lowest BCUT2D eigenvalue weighted by Gasteiger charge is -2.44. The predicted molar refractivity (Wildman–Crippen MR) is 157 cm³/mol. The van der Waals surface area contributed by atoms with Gasteiger partial charge in [0.1, 0.15) is 11.6 Å². The van der Waals surface area contributed by atoms with Gasteiger partial charge in [-0.25, -0.2) is 13.2 Å². The number of morpholine rings is 1. The lowest BCUT2D eigenvalue weighted by Crippen LogP contribution is -2.43. The Morgan fingerprint density at radius 2 is 1.69 bits per heavy atom. The number of benzene rings is 2. The molecule has 11 heteroatoms. The number of ketones is 1. The first-order valence-corrected chi connectivity index (χ1v) is 15.5. The van der Waals surface area contributed by atoms with Crippen LogP contribution in [0.2, 0.25) is 0 Å². The van der Waals surface area contributed by atoms with E-state index in [9.17, 15) is 18.0 Å². The quantitative estimate of drug-likeness (QED) is 0.477. The zero-order valence-corrected chi connectivity index (χ0v) is 25.2. The maximum atomic E-state index is 13.9.